The monoisotopic (exact) mass is 296 g/mol. The van der Waals surface area contributed by atoms with Gasteiger partial charge in [0.05, 0.1) is 0 Å². The lowest BCUT2D eigenvalue weighted by atomic mass is 9.70. The van der Waals surface area contributed by atoms with E-state index in [0.29, 0.717) is 5.75 Å². The average Bonchev–Trinajstić information content (AvgIpc) is 2.38. The molecule has 0 amide bonds. The van der Waals surface area contributed by atoms with E-state index >= 15 is 0 Å². The lowest BCUT2D eigenvalue weighted by Crippen LogP contribution is -2.41. The van der Waals surface area contributed by atoms with E-state index in [1.54, 1.807) is 0 Å². The quantitative estimate of drug-likeness (QED) is 0.803. The molecule has 1 aliphatic rings. The summed E-state index contributed by atoms with van der Waals surface area (Å²) in [7, 11) is 0. The van der Waals surface area contributed by atoms with Crippen LogP contribution in [0.2, 0.25) is 0 Å². The Hall–Kier alpha value is -1.96. The minimum atomic E-state index is -0.524. The van der Waals surface area contributed by atoms with Crippen LogP contribution in [0.3, 0.4) is 0 Å². The molecule has 0 saturated heterocycles. The Morgan fingerprint density at radius 1 is 0.909 bits per heavy atom. The molecule has 2 heteroatoms. The fourth-order valence-electron chi connectivity index (χ4n) is 3.72. The normalized spacial score (nSPS) is 22.8. The van der Waals surface area contributed by atoms with Gasteiger partial charge in [0.25, 0.3) is 0 Å². The molecule has 2 aromatic rings. The predicted molar refractivity (Wildman–Crippen MR) is 89.6 cm³/mol. The number of hydrogen-bond donors (Lipinski definition) is 1. The van der Waals surface area contributed by atoms with Crippen LogP contribution >= 0.6 is 0 Å². The van der Waals surface area contributed by atoms with Gasteiger partial charge in [0.2, 0.25) is 0 Å². The SMILES string of the molecule is Cc1ccc(C2(C)CC(C)(C)c3cc(C)ccc3O2)c(O)c1. The number of ether oxygens (including phenoxy) is 1. The smallest absolute Gasteiger partial charge is 0.136 e. The molecule has 0 aromatic heterocycles. The summed E-state index contributed by atoms with van der Waals surface area (Å²) in [4.78, 5) is 0. The van der Waals surface area contributed by atoms with Crippen molar-refractivity contribution in [2.75, 3.05) is 0 Å². The maximum absolute atomic E-state index is 10.4. The van der Waals surface area contributed by atoms with Gasteiger partial charge in [-0.3, -0.25) is 0 Å². The molecule has 22 heavy (non-hydrogen) atoms. The van der Waals surface area contributed by atoms with Gasteiger partial charge in [-0.2, -0.15) is 0 Å². The molecule has 0 saturated carbocycles. The van der Waals surface area contributed by atoms with Crippen LogP contribution in [0.25, 0.3) is 0 Å². The number of phenolic OH excluding ortho intramolecular Hbond substituents is 1. The number of rotatable bonds is 1. The first-order valence-corrected chi connectivity index (χ1v) is 7.82. The highest BCUT2D eigenvalue weighted by atomic mass is 16.5. The third-order valence-electron chi connectivity index (χ3n) is 4.70. The Morgan fingerprint density at radius 2 is 1.55 bits per heavy atom. The average molecular weight is 296 g/mol. The van der Waals surface area contributed by atoms with E-state index in [4.69, 9.17) is 4.74 Å². The Morgan fingerprint density at radius 3 is 2.23 bits per heavy atom. The molecule has 1 atom stereocenters. The molecule has 1 unspecified atom stereocenters. The van der Waals surface area contributed by atoms with Gasteiger partial charge in [0.1, 0.15) is 17.1 Å². The second-order valence-corrected chi connectivity index (χ2v) is 7.41. The zero-order valence-corrected chi connectivity index (χ0v) is 14.0. The van der Waals surface area contributed by atoms with Gasteiger partial charge >= 0.3 is 0 Å². The zero-order chi connectivity index (χ0) is 16.1. The fourth-order valence-corrected chi connectivity index (χ4v) is 3.72. The van der Waals surface area contributed by atoms with Crippen molar-refractivity contribution in [3.8, 4) is 11.5 Å². The van der Waals surface area contributed by atoms with Gasteiger partial charge in [-0.1, -0.05) is 43.7 Å². The molecule has 0 radical (unpaired) electrons. The van der Waals surface area contributed by atoms with E-state index in [1.807, 2.05) is 25.1 Å². The third kappa shape index (κ3) is 2.37. The number of hydrogen-bond acceptors (Lipinski definition) is 2. The molecule has 0 aliphatic carbocycles. The molecule has 0 spiro atoms. The molecule has 0 fully saturated rings. The van der Waals surface area contributed by atoms with E-state index in [1.165, 1.54) is 11.1 Å². The minimum absolute atomic E-state index is 0.00825. The highest BCUT2D eigenvalue weighted by Crippen LogP contribution is 2.50. The van der Waals surface area contributed by atoms with E-state index in [-0.39, 0.29) is 5.41 Å². The topological polar surface area (TPSA) is 29.5 Å². The molecule has 2 aromatic carbocycles. The van der Waals surface area contributed by atoms with Crippen LogP contribution in [0.15, 0.2) is 36.4 Å². The lowest BCUT2D eigenvalue weighted by molar-refractivity contribution is 0.0304. The van der Waals surface area contributed by atoms with Gasteiger partial charge < -0.3 is 9.84 Å². The van der Waals surface area contributed by atoms with E-state index in [2.05, 4.69) is 45.9 Å². The Labute approximate surface area is 132 Å². The molecule has 1 heterocycles. The summed E-state index contributed by atoms with van der Waals surface area (Å²) in [5.41, 5.74) is 3.87. The summed E-state index contributed by atoms with van der Waals surface area (Å²) in [6, 6.07) is 12.2. The summed E-state index contributed by atoms with van der Waals surface area (Å²) in [5.74, 6) is 1.23. The molecule has 2 nitrogen and oxygen atoms in total. The second-order valence-electron chi connectivity index (χ2n) is 7.41. The van der Waals surface area contributed by atoms with Crippen molar-refractivity contribution >= 4 is 0 Å². The first-order valence-electron chi connectivity index (χ1n) is 7.82. The summed E-state index contributed by atoms with van der Waals surface area (Å²) in [6.45, 7) is 10.7. The molecule has 0 bridgehead atoms. The van der Waals surface area contributed by atoms with Crippen LogP contribution in [0.4, 0.5) is 0 Å². The van der Waals surface area contributed by atoms with Crippen molar-refractivity contribution in [3.63, 3.8) is 0 Å². The maximum atomic E-state index is 10.4. The van der Waals surface area contributed by atoms with Crippen molar-refractivity contribution in [3.05, 3.63) is 58.7 Å². The molecular weight excluding hydrogens is 272 g/mol. The number of aryl methyl sites for hydroxylation is 2. The molecule has 116 valence electrons. The standard InChI is InChI=1S/C20H24O2/c1-13-7-9-18-16(10-13)19(3,4)12-20(5,22-18)15-8-6-14(2)11-17(15)21/h6-11,21H,12H2,1-5H3. The predicted octanol–water partition coefficient (Wildman–Crippen LogP) is 4.98. The van der Waals surface area contributed by atoms with Crippen molar-refractivity contribution in [2.45, 2.75) is 52.1 Å². The van der Waals surface area contributed by atoms with Gasteiger partial charge in [0, 0.05) is 17.5 Å². The van der Waals surface area contributed by atoms with Crippen molar-refractivity contribution < 1.29 is 9.84 Å². The molecule has 1 N–H and O–H groups in total. The first kappa shape index (κ1) is 15.0. The van der Waals surface area contributed by atoms with Crippen LogP contribution in [-0.2, 0) is 11.0 Å². The van der Waals surface area contributed by atoms with E-state index in [0.717, 1.165) is 23.3 Å². The van der Waals surface area contributed by atoms with Gasteiger partial charge in [-0.05, 0) is 43.9 Å². The summed E-state index contributed by atoms with van der Waals surface area (Å²) in [5, 5.41) is 10.4. The highest BCUT2D eigenvalue weighted by molar-refractivity contribution is 5.48. The zero-order valence-electron chi connectivity index (χ0n) is 14.0. The van der Waals surface area contributed by atoms with Crippen molar-refractivity contribution in [2.24, 2.45) is 0 Å². The second kappa shape index (κ2) is 4.77. The van der Waals surface area contributed by atoms with Crippen LogP contribution in [-0.4, -0.2) is 5.11 Å². The van der Waals surface area contributed by atoms with Crippen molar-refractivity contribution in [1.82, 2.24) is 0 Å². The van der Waals surface area contributed by atoms with Crippen molar-refractivity contribution in [1.29, 1.82) is 0 Å². The summed E-state index contributed by atoms with van der Waals surface area (Å²) < 4.78 is 6.36. The Bertz CT molecular complexity index is 730. The first-order chi connectivity index (χ1) is 10.2. The van der Waals surface area contributed by atoms with Gasteiger partial charge in [0.15, 0.2) is 0 Å². The number of aromatic hydroxyl groups is 1. The van der Waals surface area contributed by atoms with Gasteiger partial charge in [-0.25, -0.2) is 0 Å². The number of phenols is 1. The van der Waals surface area contributed by atoms with Crippen LogP contribution in [0.5, 0.6) is 11.5 Å². The Kier molecular flexibility index (Phi) is 3.24. The summed E-state index contributed by atoms with van der Waals surface area (Å²) in [6.07, 6.45) is 0.826. The lowest BCUT2D eigenvalue weighted by Gasteiger charge is -2.44. The number of benzene rings is 2. The number of fused-ring (bicyclic) bond motifs is 1. The largest absolute Gasteiger partial charge is 0.508 e. The molecular formula is C20H24O2. The van der Waals surface area contributed by atoms with E-state index < -0.39 is 5.60 Å². The fraction of sp³-hybridized carbons (Fsp3) is 0.400. The molecule has 3 rings (SSSR count). The van der Waals surface area contributed by atoms with Crippen LogP contribution < -0.4 is 4.74 Å². The molecule has 1 aliphatic heterocycles. The highest BCUT2D eigenvalue weighted by Gasteiger charge is 2.44. The van der Waals surface area contributed by atoms with Crippen LogP contribution in [0.1, 0.15) is 49.4 Å². The Balaban J connectivity index is 2.12. The third-order valence-corrected chi connectivity index (χ3v) is 4.70. The van der Waals surface area contributed by atoms with Crippen LogP contribution in [0, 0.1) is 13.8 Å². The minimum Gasteiger partial charge on any atom is -0.508 e. The maximum Gasteiger partial charge on any atom is 0.136 e. The van der Waals surface area contributed by atoms with Gasteiger partial charge in [-0.15, -0.1) is 0 Å². The summed E-state index contributed by atoms with van der Waals surface area (Å²) >= 11 is 0. The van der Waals surface area contributed by atoms with E-state index in [9.17, 15) is 5.11 Å².